The molecule has 2 rings (SSSR count). The molecule has 0 atom stereocenters. The number of alkyl halides is 3. The smallest absolute Gasteiger partial charge is 0.292 e. The Bertz CT molecular complexity index is 922. The fraction of sp³-hybridized carbons (Fsp3) is 0.444. The quantitative estimate of drug-likeness (QED) is 0.531. The number of benzene rings is 1. The van der Waals surface area contributed by atoms with Crippen molar-refractivity contribution in [2.75, 3.05) is 5.43 Å². The predicted octanol–water partition coefficient (Wildman–Crippen LogP) is 3.77. The summed E-state index contributed by atoms with van der Waals surface area (Å²) in [5.74, 6) is -0.133. The van der Waals surface area contributed by atoms with Crippen molar-refractivity contribution in [3.63, 3.8) is 0 Å². The molecule has 2 N–H and O–H groups in total. The molecule has 0 saturated carbocycles. The fourth-order valence-corrected chi connectivity index (χ4v) is 2.82. The Hall–Kier alpha value is -3.11. The number of nitrogens with one attached hydrogen (secondary N) is 2. The lowest BCUT2D eigenvalue weighted by Crippen LogP contribution is -2.31. The first kappa shape index (κ1) is 22.2. The number of rotatable bonds is 7. The molecule has 0 radical (unpaired) electrons. The molecule has 0 bridgehead atoms. The first-order chi connectivity index (χ1) is 13.4. The molecule has 0 saturated heterocycles. The first-order valence-corrected chi connectivity index (χ1v) is 8.83. The van der Waals surface area contributed by atoms with Crippen LogP contribution in [0.3, 0.4) is 0 Å². The van der Waals surface area contributed by atoms with Crippen LogP contribution in [0.1, 0.15) is 36.4 Å². The maximum atomic E-state index is 12.8. The molecule has 0 unspecified atom stereocenters. The van der Waals surface area contributed by atoms with Crippen molar-refractivity contribution in [2.45, 2.75) is 46.8 Å². The summed E-state index contributed by atoms with van der Waals surface area (Å²) in [6.45, 7) is 8.41. The number of halogens is 3. The summed E-state index contributed by atoms with van der Waals surface area (Å²) in [4.78, 5) is 22.4. The highest BCUT2D eigenvalue weighted by molar-refractivity contribution is 5.81. The molecule has 11 heteroatoms. The van der Waals surface area contributed by atoms with E-state index in [1.54, 1.807) is 6.92 Å². The van der Waals surface area contributed by atoms with E-state index in [0.717, 1.165) is 17.3 Å². The minimum atomic E-state index is -4.71. The van der Waals surface area contributed by atoms with Gasteiger partial charge in [0.25, 0.3) is 5.69 Å². The summed E-state index contributed by atoms with van der Waals surface area (Å²) in [5.41, 5.74) is 4.70. The SMILES string of the molecule is Cc1nn(CC(C)C)c(C)c1CC(=O)NNc1ccc(C(F)(F)F)cc1[N+](=O)[O-]. The standard InChI is InChI=1S/C18H22F3N5O3/c1-10(2)9-25-12(4)14(11(3)24-25)8-17(27)23-22-15-6-5-13(18(19,20)21)7-16(15)26(28)29/h5-7,10,22H,8-9H2,1-4H3,(H,23,27). The van der Waals surface area contributed by atoms with Crippen molar-refractivity contribution in [3.8, 4) is 0 Å². The number of nitro groups is 1. The highest BCUT2D eigenvalue weighted by atomic mass is 19.4. The van der Waals surface area contributed by atoms with Crippen LogP contribution in [0.5, 0.6) is 0 Å². The van der Waals surface area contributed by atoms with E-state index in [0.29, 0.717) is 30.3 Å². The summed E-state index contributed by atoms with van der Waals surface area (Å²) in [6.07, 6.45) is -4.74. The molecule has 158 valence electrons. The maximum Gasteiger partial charge on any atom is 0.416 e. The van der Waals surface area contributed by atoms with Crippen LogP contribution in [-0.2, 0) is 23.9 Å². The van der Waals surface area contributed by atoms with Crippen molar-refractivity contribution in [3.05, 3.63) is 50.8 Å². The Kier molecular flexibility index (Phi) is 6.50. The third-order valence-corrected chi connectivity index (χ3v) is 4.27. The van der Waals surface area contributed by atoms with E-state index in [4.69, 9.17) is 0 Å². The van der Waals surface area contributed by atoms with Gasteiger partial charge in [0, 0.05) is 23.9 Å². The van der Waals surface area contributed by atoms with Gasteiger partial charge < -0.3 is 0 Å². The summed E-state index contributed by atoms with van der Waals surface area (Å²) in [6, 6.07) is 2.02. The van der Waals surface area contributed by atoms with Crippen LogP contribution >= 0.6 is 0 Å². The predicted molar refractivity (Wildman–Crippen MR) is 100 cm³/mol. The lowest BCUT2D eigenvalue weighted by molar-refractivity contribution is -0.384. The lowest BCUT2D eigenvalue weighted by Gasteiger charge is -2.12. The van der Waals surface area contributed by atoms with Crippen LogP contribution in [0.15, 0.2) is 18.2 Å². The number of hydrogen-bond acceptors (Lipinski definition) is 5. The van der Waals surface area contributed by atoms with E-state index >= 15 is 0 Å². The number of aryl methyl sites for hydroxylation is 1. The number of hydrogen-bond donors (Lipinski definition) is 2. The average Bonchev–Trinajstić information content (AvgIpc) is 2.85. The van der Waals surface area contributed by atoms with Crippen LogP contribution in [0.25, 0.3) is 0 Å². The van der Waals surface area contributed by atoms with Crippen molar-refractivity contribution in [1.29, 1.82) is 0 Å². The molecule has 1 amide bonds. The van der Waals surface area contributed by atoms with E-state index in [1.807, 2.05) is 25.5 Å². The highest BCUT2D eigenvalue weighted by Crippen LogP contribution is 2.34. The molecule has 1 heterocycles. The van der Waals surface area contributed by atoms with Crippen LogP contribution in [0, 0.1) is 29.9 Å². The van der Waals surface area contributed by atoms with Gasteiger partial charge in [-0.2, -0.15) is 18.3 Å². The largest absolute Gasteiger partial charge is 0.416 e. The van der Waals surface area contributed by atoms with Crippen molar-refractivity contribution in [1.82, 2.24) is 15.2 Å². The Morgan fingerprint density at radius 2 is 1.97 bits per heavy atom. The topological polar surface area (TPSA) is 102 Å². The van der Waals surface area contributed by atoms with Gasteiger partial charge in [-0.15, -0.1) is 0 Å². The highest BCUT2D eigenvalue weighted by Gasteiger charge is 2.33. The Balaban J connectivity index is 2.12. The van der Waals surface area contributed by atoms with Crippen LogP contribution < -0.4 is 10.9 Å². The molecule has 29 heavy (non-hydrogen) atoms. The van der Waals surface area contributed by atoms with Gasteiger partial charge in [-0.05, 0) is 31.9 Å². The third kappa shape index (κ3) is 5.46. The van der Waals surface area contributed by atoms with Crippen molar-refractivity contribution >= 4 is 17.3 Å². The second kappa shape index (κ2) is 8.50. The zero-order valence-electron chi connectivity index (χ0n) is 16.4. The summed E-state index contributed by atoms with van der Waals surface area (Å²) in [7, 11) is 0. The van der Waals surface area contributed by atoms with Crippen molar-refractivity contribution in [2.24, 2.45) is 5.92 Å². The molecule has 0 aliphatic rings. The van der Waals surface area contributed by atoms with Gasteiger partial charge in [0.15, 0.2) is 0 Å². The van der Waals surface area contributed by atoms with Gasteiger partial charge in [0.05, 0.1) is 22.6 Å². The number of nitro benzene ring substituents is 1. The molecule has 0 spiro atoms. The van der Waals surface area contributed by atoms with Crippen LogP contribution in [0.2, 0.25) is 0 Å². The van der Waals surface area contributed by atoms with Crippen LogP contribution in [0.4, 0.5) is 24.5 Å². The second-order valence-electron chi connectivity index (χ2n) is 7.06. The monoisotopic (exact) mass is 413 g/mol. The van der Waals surface area contributed by atoms with Crippen LogP contribution in [-0.4, -0.2) is 20.6 Å². The molecule has 1 aromatic heterocycles. The fourth-order valence-electron chi connectivity index (χ4n) is 2.82. The summed E-state index contributed by atoms with van der Waals surface area (Å²) < 4.78 is 40.1. The van der Waals surface area contributed by atoms with Gasteiger partial charge >= 0.3 is 6.18 Å². The van der Waals surface area contributed by atoms with Gasteiger partial charge in [0.2, 0.25) is 5.91 Å². The average molecular weight is 413 g/mol. The summed E-state index contributed by atoms with van der Waals surface area (Å²) in [5, 5.41) is 15.5. The number of hydrazine groups is 1. The van der Waals surface area contributed by atoms with Crippen molar-refractivity contribution < 1.29 is 22.9 Å². The Morgan fingerprint density at radius 3 is 2.52 bits per heavy atom. The minimum Gasteiger partial charge on any atom is -0.292 e. The molecule has 0 aliphatic heterocycles. The normalized spacial score (nSPS) is 11.6. The van der Waals surface area contributed by atoms with Gasteiger partial charge in [-0.1, -0.05) is 13.8 Å². The molecule has 2 aromatic rings. The minimum absolute atomic E-state index is 0.0306. The van der Waals surface area contributed by atoms with E-state index in [2.05, 4.69) is 16.0 Å². The first-order valence-electron chi connectivity index (χ1n) is 8.83. The second-order valence-corrected chi connectivity index (χ2v) is 7.06. The maximum absolute atomic E-state index is 12.8. The molecule has 0 fully saturated rings. The number of carbonyl (C=O) groups is 1. The molecule has 1 aromatic carbocycles. The third-order valence-electron chi connectivity index (χ3n) is 4.27. The number of anilines is 1. The number of amides is 1. The van der Waals surface area contributed by atoms with Gasteiger partial charge in [-0.25, -0.2) is 0 Å². The molecule has 0 aliphatic carbocycles. The van der Waals surface area contributed by atoms with E-state index in [1.165, 1.54) is 0 Å². The number of nitrogens with zero attached hydrogens (tertiary/aromatic N) is 3. The molecular weight excluding hydrogens is 391 g/mol. The number of carbonyl (C=O) groups excluding carboxylic acids is 1. The lowest BCUT2D eigenvalue weighted by atomic mass is 10.1. The zero-order chi connectivity index (χ0) is 21.9. The number of aromatic nitrogens is 2. The van der Waals surface area contributed by atoms with Gasteiger partial charge in [-0.3, -0.25) is 30.4 Å². The molecule has 8 nitrogen and oxygen atoms in total. The zero-order valence-corrected chi connectivity index (χ0v) is 16.4. The van der Waals surface area contributed by atoms with E-state index in [-0.39, 0.29) is 12.1 Å². The Morgan fingerprint density at radius 1 is 1.31 bits per heavy atom. The molecular formula is C18H22F3N5O3. The van der Waals surface area contributed by atoms with Gasteiger partial charge in [0.1, 0.15) is 5.69 Å². The van der Waals surface area contributed by atoms with E-state index in [9.17, 15) is 28.1 Å². The van der Waals surface area contributed by atoms with E-state index < -0.39 is 28.3 Å². The Labute approximate surface area is 165 Å². The summed E-state index contributed by atoms with van der Waals surface area (Å²) >= 11 is 0.